The molecule has 0 aliphatic heterocycles. The van der Waals surface area contributed by atoms with Crippen LogP contribution in [0.3, 0.4) is 0 Å². The lowest BCUT2D eigenvalue weighted by atomic mass is 9.98. The third kappa shape index (κ3) is 4.23. The summed E-state index contributed by atoms with van der Waals surface area (Å²) in [6.45, 7) is 4.03. The van der Waals surface area contributed by atoms with Crippen LogP contribution in [0.25, 0.3) is 5.57 Å². The first kappa shape index (κ1) is 13.8. The molecule has 0 aromatic heterocycles. The van der Waals surface area contributed by atoms with Crippen LogP contribution in [0.5, 0.6) is 0 Å². The Balaban J connectivity index is 3.00. The van der Waals surface area contributed by atoms with E-state index >= 15 is 0 Å². The molecule has 0 atom stereocenters. The van der Waals surface area contributed by atoms with Crippen molar-refractivity contribution in [1.82, 2.24) is 0 Å². The summed E-state index contributed by atoms with van der Waals surface area (Å²) in [6.07, 6.45) is 3.73. The van der Waals surface area contributed by atoms with Gasteiger partial charge < -0.3 is 5.11 Å². The third-order valence-corrected chi connectivity index (χ3v) is 3.00. The molecule has 2 nitrogen and oxygen atoms in total. The van der Waals surface area contributed by atoms with E-state index in [1.54, 1.807) is 6.08 Å². The van der Waals surface area contributed by atoms with E-state index in [-0.39, 0.29) is 6.42 Å². The van der Waals surface area contributed by atoms with Crippen molar-refractivity contribution >= 4 is 23.1 Å². The Hall–Kier alpha value is -1.28. The van der Waals surface area contributed by atoms with Crippen molar-refractivity contribution in [1.29, 1.82) is 0 Å². The molecule has 17 heavy (non-hydrogen) atoms. The molecule has 0 saturated carbocycles. The Labute approximate surface area is 107 Å². The number of carbonyl (C=O) groups is 1. The second-order valence-corrected chi connectivity index (χ2v) is 4.45. The Morgan fingerprint density at radius 3 is 2.71 bits per heavy atom. The normalized spacial score (nSPS) is 11.6. The molecule has 1 aromatic rings. The van der Waals surface area contributed by atoms with Gasteiger partial charge in [-0.1, -0.05) is 43.2 Å². The van der Waals surface area contributed by atoms with Gasteiger partial charge in [-0.2, -0.15) is 0 Å². The summed E-state index contributed by atoms with van der Waals surface area (Å²) in [7, 11) is 0. The van der Waals surface area contributed by atoms with E-state index in [0.717, 1.165) is 34.6 Å². The first-order valence-electron chi connectivity index (χ1n) is 5.72. The van der Waals surface area contributed by atoms with Gasteiger partial charge in [0, 0.05) is 5.02 Å². The van der Waals surface area contributed by atoms with E-state index in [1.165, 1.54) is 0 Å². The van der Waals surface area contributed by atoms with Gasteiger partial charge in [0.2, 0.25) is 0 Å². The molecule has 0 aliphatic carbocycles. The number of aliphatic carboxylic acids is 1. The molecule has 92 valence electrons. The maximum absolute atomic E-state index is 10.6. The second-order valence-electron chi connectivity index (χ2n) is 4.04. The van der Waals surface area contributed by atoms with Crippen molar-refractivity contribution in [3.63, 3.8) is 0 Å². The van der Waals surface area contributed by atoms with Crippen LogP contribution in [0.15, 0.2) is 24.3 Å². The van der Waals surface area contributed by atoms with Gasteiger partial charge in [-0.05, 0) is 36.1 Å². The molecule has 1 N–H and O–H groups in total. The molecule has 1 rings (SSSR count). The van der Waals surface area contributed by atoms with Crippen molar-refractivity contribution in [2.75, 3.05) is 0 Å². The second kappa shape index (κ2) is 6.45. The van der Waals surface area contributed by atoms with E-state index in [1.807, 2.05) is 25.1 Å². The number of carboxylic acids is 1. The van der Waals surface area contributed by atoms with Crippen LogP contribution in [0, 0.1) is 6.92 Å². The minimum atomic E-state index is -0.802. The van der Waals surface area contributed by atoms with Crippen LogP contribution in [-0.4, -0.2) is 11.1 Å². The SMILES string of the molecule is CCC/C(=C\CC(=O)O)c1ccc(Cl)c(C)c1. The van der Waals surface area contributed by atoms with Crippen LogP contribution < -0.4 is 0 Å². The summed E-state index contributed by atoms with van der Waals surface area (Å²) < 4.78 is 0. The van der Waals surface area contributed by atoms with Crippen molar-refractivity contribution in [3.05, 3.63) is 40.4 Å². The zero-order chi connectivity index (χ0) is 12.8. The van der Waals surface area contributed by atoms with Crippen molar-refractivity contribution in [2.45, 2.75) is 33.1 Å². The quantitative estimate of drug-likeness (QED) is 0.848. The minimum absolute atomic E-state index is 0.0665. The lowest BCUT2D eigenvalue weighted by Gasteiger charge is -2.08. The van der Waals surface area contributed by atoms with E-state index in [4.69, 9.17) is 16.7 Å². The first-order chi connectivity index (χ1) is 8.04. The summed E-state index contributed by atoms with van der Waals surface area (Å²) >= 11 is 5.98. The molecule has 0 unspecified atom stereocenters. The largest absolute Gasteiger partial charge is 0.481 e. The third-order valence-electron chi connectivity index (χ3n) is 2.57. The number of rotatable bonds is 5. The smallest absolute Gasteiger partial charge is 0.307 e. The van der Waals surface area contributed by atoms with Gasteiger partial charge in [-0.15, -0.1) is 0 Å². The fourth-order valence-corrected chi connectivity index (χ4v) is 1.81. The van der Waals surface area contributed by atoms with Crippen molar-refractivity contribution < 1.29 is 9.90 Å². The summed E-state index contributed by atoms with van der Waals surface area (Å²) in [6, 6.07) is 5.81. The highest BCUT2D eigenvalue weighted by Crippen LogP contribution is 2.25. The molecule has 1 aromatic carbocycles. The molecule has 0 bridgehead atoms. The highest BCUT2D eigenvalue weighted by Gasteiger charge is 2.04. The highest BCUT2D eigenvalue weighted by atomic mass is 35.5. The average molecular weight is 253 g/mol. The highest BCUT2D eigenvalue weighted by molar-refractivity contribution is 6.31. The van der Waals surface area contributed by atoms with Crippen LogP contribution in [-0.2, 0) is 4.79 Å². The monoisotopic (exact) mass is 252 g/mol. The lowest BCUT2D eigenvalue weighted by Crippen LogP contribution is -1.93. The summed E-state index contributed by atoms with van der Waals surface area (Å²) in [5.41, 5.74) is 3.16. The molecule has 0 aliphatic rings. The summed E-state index contributed by atoms with van der Waals surface area (Å²) in [5, 5.41) is 9.45. The van der Waals surface area contributed by atoms with Crippen LogP contribution in [0.4, 0.5) is 0 Å². The molecule has 0 saturated heterocycles. The Morgan fingerprint density at radius 2 is 2.18 bits per heavy atom. The average Bonchev–Trinajstić information content (AvgIpc) is 2.28. The molecule has 0 spiro atoms. The van der Waals surface area contributed by atoms with Gasteiger partial charge >= 0.3 is 5.97 Å². The Bertz CT molecular complexity index is 436. The Morgan fingerprint density at radius 1 is 1.47 bits per heavy atom. The topological polar surface area (TPSA) is 37.3 Å². The predicted molar refractivity (Wildman–Crippen MR) is 71.3 cm³/mol. The number of halogens is 1. The number of hydrogen-bond donors (Lipinski definition) is 1. The molecule has 0 fully saturated rings. The number of benzene rings is 1. The van der Waals surface area contributed by atoms with Gasteiger partial charge in [0.25, 0.3) is 0 Å². The predicted octanol–water partition coefficient (Wildman–Crippen LogP) is 4.31. The van der Waals surface area contributed by atoms with E-state index in [0.29, 0.717) is 0 Å². The van der Waals surface area contributed by atoms with E-state index < -0.39 is 5.97 Å². The molecule has 3 heteroatoms. The fourth-order valence-electron chi connectivity index (χ4n) is 1.69. The number of carboxylic acid groups (broad SMARTS) is 1. The van der Waals surface area contributed by atoms with Crippen molar-refractivity contribution in [2.24, 2.45) is 0 Å². The number of aryl methyl sites for hydroxylation is 1. The minimum Gasteiger partial charge on any atom is -0.481 e. The van der Waals surface area contributed by atoms with Gasteiger partial charge in [0.15, 0.2) is 0 Å². The maximum atomic E-state index is 10.6. The summed E-state index contributed by atoms with van der Waals surface area (Å²) in [5.74, 6) is -0.802. The fraction of sp³-hybridized carbons (Fsp3) is 0.357. The molecule has 0 radical (unpaired) electrons. The van der Waals surface area contributed by atoms with Gasteiger partial charge in [-0.25, -0.2) is 0 Å². The van der Waals surface area contributed by atoms with Gasteiger partial charge in [0.1, 0.15) is 0 Å². The van der Waals surface area contributed by atoms with E-state index in [9.17, 15) is 4.79 Å². The van der Waals surface area contributed by atoms with Gasteiger partial charge in [-0.3, -0.25) is 4.79 Å². The lowest BCUT2D eigenvalue weighted by molar-refractivity contribution is -0.135. The maximum Gasteiger partial charge on any atom is 0.307 e. The molecular weight excluding hydrogens is 236 g/mol. The zero-order valence-corrected chi connectivity index (χ0v) is 10.9. The van der Waals surface area contributed by atoms with E-state index in [2.05, 4.69) is 6.92 Å². The molecule has 0 amide bonds. The Kier molecular flexibility index (Phi) is 5.23. The van der Waals surface area contributed by atoms with Crippen LogP contribution in [0.1, 0.15) is 37.3 Å². The number of hydrogen-bond acceptors (Lipinski definition) is 1. The standard InChI is InChI=1S/C14H17ClO2/c1-3-4-11(6-8-14(16)17)12-5-7-13(15)10(2)9-12/h5-7,9H,3-4,8H2,1-2H3,(H,16,17)/b11-6+. The molecule has 0 heterocycles. The first-order valence-corrected chi connectivity index (χ1v) is 6.09. The van der Waals surface area contributed by atoms with Crippen LogP contribution >= 0.6 is 11.6 Å². The number of allylic oxidation sites excluding steroid dienone is 1. The zero-order valence-electron chi connectivity index (χ0n) is 10.2. The summed E-state index contributed by atoms with van der Waals surface area (Å²) in [4.78, 5) is 10.6. The molecular formula is C14H17ClO2. The van der Waals surface area contributed by atoms with Crippen molar-refractivity contribution in [3.8, 4) is 0 Å². The van der Waals surface area contributed by atoms with Gasteiger partial charge in [0.05, 0.1) is 6.42 Å². The van der Waals surface area contributed by atoms with Crippen LogP contribution in [0.2, 0.25) is 5.02 Å².